The Morgan fingerprint density at radius 1 is 1.15 bits per heavy atom. The third kappa shape index (κ3) is 2.08. The molecule has 4 heterocycles. The van der Waals surface area contributed by atoms with Crippen LogP contribution in [0.3, 0.4) is 0 Å². The van der Waals surface area contributed by atoms with Crippen molar-refractivity contribution in [3.63, 3.8) is 0 Å². The first-order valence-corrected chi connectivity index (χ1v) is 7.82. The lowest BCUT2D eigenvalue weighted by molar-refractivity contribution is 0.318. The molecule has 0 amide bonds. The van der Waals surface area contributed by atoms with Gasteiger partial charge in [0.1, 0.15) is 11.5 Å². The maximum absolute atomic E-state index is 4.38. The molecule has 4 heteroatoms. The van der Waals surface area contributed by atoms with Gasteiger partial charge >= 0.3 is 0 Å². The number of nitrogens with one attached hydrogen (secondary N) is 1. The summed E-state index contributed by atoms with van der Waals surface area (Å²) in [6.07, 6.45) is 9.30. The predicted molar refractivity (Wildman–Crippen MR) is 81.2 cm³/mol. The quantitative estimate of drug-likeness (QED) is 0.909. The average Bonchev–Trinajstić information content (AvgIpc) is 3.18. The van der Waals surface area contributed by atoms with E-state index in [1.807, 2.05) is 6.20 Å². The molecule has 0 saturated carbocycles. The molecule has 0 radical (unpaired) electrons. The lowest BCUT2D eigenvalue weighted by Gasteiger charge is -2.36. The summed E-state index contributed by atoms with van der Waals surface area (Å²) in [5, 5.41) is 3.67. The normalized spacial score (nSPS) is 24.6. The molecule has 4 nitrogen and oxygen atoms in total. The van der Waals surface area contributed by atoms with Crippen LogP contribution < -0.4 is 10.2 Å². The van der Waals surface area contributed by atoms with Gasteiger partial charge in [-0.3, -0.25) is 4.40 Å². The molecular formula is C16H22N4. The second kappa shape index (κ2) is 5.09. The number of imidazole rings is 1. The number of nitrogens with zero attached hydrogens (tertiary/aromatic N) is 3. The first-order chi connectivity index (χ1) is 9.92. The van der Waals surface area contributed by atoms with Crippen LogP contribution in [0.5, 0.6) is 0 Å². The Morgan fingerprint density at radius 3 is 2.85 bits per heavy atom. The largest absolute Gasteiger partial charge is 0.358 e. The number of pyridine rings is 1. The molecule has 0 bridgehead atoms. The van der Waals surface area contributed by atoms with Gasteiger partial charge < -0.3 is 10.2 Å². The van der Waals surface area contributed by atoms with Gasteiger partial charge in [0, 0.05) is 31.5 Å². The molecule has 0 aromatic carbocycles. The van der Waals surface area contributed by atoms with Crippen molar-refractivity contribution in [2.24, 2.45) is 5.92 Å². The van der Waals surface area contributed by atoms with Crippen molar-refractivity contribution in [1.82, 2.24) is 14.7 Å². The minimum absolute atomic E-state index is 0.779. The van der Waals surface area contributed by atoms with E-state index < -0.39 is 0 Å². The molecule has 1 unspecified atom stereocenters. The molecule has 2 fully saturated rings. The molecule has 0 spiro atoms. The fraction of sp³-hybridized carbons (Fsp3) is 0.562. The second-order valence-electron chi connectivity index (χ2n) is 6.07. The van der Waals surface area contributed by atoms with Gasteiger partial charge in [0.2, 0.25) is 0 Å². The summed E-state index contributed by atoms with van der Waals surface area (Å²) in [5.74, 6) is 2.16. The highest BCUT2D eigenvalue weighted by Gasteiger charge is 2.28. The maximum Gasteiger partial charge on any atom is 0.138 e. The molecule has 2 saturated heterocycles. The number of fused-ring (bicyclic) bond motifs is 1. The summed E-state index contributed by atoms with van der Waals surface area (Å²) in [7, 11) is 0. The first-order valence-electron chi connectivity index (χ1n) is 7.82. The van der Waals surface area contributed by atoms with E-state index in [1.54, 1.807) is 0 Å². The summed E-state index contributed by atoms with van der Waals surface area (Å²) < 4.78 is 2.20. The Kier molecular flexibility index (Phi) is 3.11. The van der Waals surface area contributed by atoms with Gasteiger partial charge in [-0.2, -0.15) is 0 Å². The molecule has 2 aliphatic rings. The highest BCUT2D eigenvalue weighted by Crippen LogP contribution is 2.28. The Morgan fingerprint density at radius 2 is 2.05 bits per heavy atom. The first kappa shape index (κ1) is 12.2. The van der Waals surface area contributed by atoms with Crippen LogP contribution in [0, 0.1) is 5.92 Å². The van der Waals surface area contributed by atoms with E-state index in [2.05, 4.69) is 44.0 Å². The van der Waals surface area contributed by atoms with Crippen LogP contribution in [0.1, 0.15) is 25.7 Å². The van der Waals surface area contributed by atoms with Crippen LogP contribution in [-0.2, 0) is 0 Å². The lowest BCUT2D eigenvalue weighted by Crippen LogP contribution is -2.41. The van der Waals surface area contributed by atoms with Gasteiger partial charge in [-0.1, -0.05) is 6.07 Å². The minimum atomic E-state index is 0.779. The average molecular weight is 270 g/mol. The van der Waals surface area contributed by atoms with Gasteiger partial charge in [0.05, 0.1) is 0 Å². The fourth-order valence-corrected chi connectivity index (χ4v) is 3.84. The summed E-state index contributed by atoms with van der Waals surface area (Å²) in [5.41, 5.74) is 1.04. The topological polar surface area (TPSA) is 32.6 Å². The predicted octanol–water partition coefficient (Wildman–Crippen LogP) is 2.30. The number of hydrogen-bond donors (Lipinski definition) is 1. The maximum atomic E-state index is 4.38. The van der Waals surface area contributed by atoms with E-state index in [9.17, 15) is 0 Å². The van der Waals surface area contributed by atoms with E-state index in [1.165, 1.54) is 51.1 Å². The van der Waals surface area contributed by atoms with E-state index >= 15 is 0 Å². The summed E-state index contributed by atoms with van der Waals surface area (Å²) in [6, 6.07) is 7.17. The standard InChI is InChI=1S/C16H22N4/c1-4-15-18-9-12-20(15)16(5-1)19-10-6-13(7-11-19)14-3-2-8-17-14/h1,4-5,9,12-14,17H,2-3,6-8,10-11H2. The number of aromatic nitrogens is 2. The monoisotopic (exact) mass is 270 g/mol. The highest BCUT2D eigenvalue weighted by molar-refractivity contribution is 5.51. The third-order valence-electron chi connectivity index (χ3n) is 4.94. The molecule has 20 heavy (non-hydrogen) atoms. The Balaban J connectivity index is 1.50. The zero-order chi connectivity index (χ0) is 13.4. The molecule has 2 aromatic heterocycles. The number of hydrogen-bond acceptors (Lipinski definition) is 3. The van der Waals surface area contributed by atoms with Gasteiger partial charge in [-0.05, 0) is 50.3 Å². The Bertz CT molecular complexity index is 577. The number of anilines is 1. The van der Waals surface area contributed by atoms with E-state index in [0.29, 0.717) is 0 Å². The zero-order valence-corrected chi connectivity index (χ0v) is 11.8. The smallest absolute Gasteiger partial charge is 0.138 e. The summed E-state index contributed by atoms with van der Waals surface area (Å²) >= 11 is 0. The van der Waals surface area contributed by atoms with E-state index in [-0.39, 0.29) is 0 Å². The van der Waals surface area contributed by atoms with Crippen LogP contribution in [-0.4, -0.2) is 35.1 Å². The molecular weight excluding hydrogens is 248 g/mol. The van der Waals surface area contributed by atoms with Gasteiger partial charge in [-0.25, -0.2) is 4.98 Å². The molecule has 2 aliphatic heterocycles. The molecule has 106 valence electrons. The molecule has 1 atom stereocenters. The van der Waals surface area contributed by atoms with Crippen molar-refractivity contribution in [3.8, 4) is 0 Å². The van der Waals surface area contributed by atoms with Crippen LogP contribution in [0.15, 0.2) is 30.6 Å². The lowest BCUT2D eigenvalue weighted by atomic mass is 9.88. The minimum Gasteiger partial charge on any atom is -0.358 e. The number of rotatable bonds is 2. The Hall–Kier alpha value is -1.55. The zero-order valence-electron chi connectivity index (χ0n) is 11.8. The van der Waals surface area contributed by atoms with Crippen LogP contribution >= 0.6 is 0 Å². The highest BCUT2D eigenvalue weighted by atomic mass is 15.2. The van der Waals surface area contributed by atoms with Crippen molar-refractivity contribution in [2.45, 2.75) is 31.7 Å². The number of piperidine rings is 1. The summed E-state index contributed by atoms with van der Waals surface area (Å²) in [6.45, 7) is 3.56. The molecule has 2 aromatic rings. The van der Waals surface area contributed by atoms with Crippen LogP contribution in [0.4, 0.5) is 5.82 Å². The SMILES string of the molecule is c1cc(N2CCC(C3CCCN3)CC2)n2ccnc2c1. The summed E-state index contributed by atoms with van der Waals surface area (Å²) in [4.78, 5) is 6.89. The fourth-order valence-electron chi connectivity index (χ4n) is 3.84. The Labute approximate surface area is 119 Å². The van der Waals surface area contributed by atoms with Crippen LogP contribution in [0.25, 0.3) is 5.65 Å². The van der Waals surface area contributed by atoms with Gasteiger partial charge in [0.15, 0.2) is 0 Å². The molecule has 0 aliphatic carbocycles. The van der Waals surface area contributed by atoms with Crippen molar-refractivity contribution in [1.29, 1.82) is 0 Å². The van der Waals surface area contributed by atoms with Crippen LogP contribution in [0.2, 0.25) is 0 Å². The van der Waals surface area contributed by atoms with Crippen molar-refractivity contribution in [2.75, 3.05) is 24.5 Å². The van der Waals surface area contributed by atoms with E-state index in [4.69, 9.17) is 0 Å². The van der Waals surface area contributed by atoms with Crippen molar-refractivity contribution >= 4 is 11.5 Å². The van der Waals surface area contributed by atoms with Crippen molar-refractivity contribution < 1.29 is 0 Å². The third-order valence-corrected chi connectivity index (χ3v) is 4.94. The molecule has 1 N–H and O–H groups in total. The van der Waals surface area contributed by atoms with Crippen molar-refractivity contribution in [3.05, 3.63) is 30.6 Å². The van der Waals surface area contributed by atoms with E-state index in [0.717, 1.165) is 17.6 Å². The van der Waals surface area contributed by atoms with Gasteiger partial charge in [-0.15, -0.1) is 0 Å². The van der Waals surface area contributed by atoms with Gasteiger partial charge in [0.25, 0.3) is 0 Å². The molecule has 4 rings (SSSR count). The second-order valence-corrected chi connectivity index (χ2v) is 6.07.